The summed E-state index contributed by atoms with van der Waals surface area (Å²) in [7, 11) is 0. The molecule has 1 aliphatic rings. The molecule has 1 fully saturated rings. The van der Waals surface area contributed by atoms with Crippen LogP contribution in [0.15, 0.2) is 27.7 Å². The van der Waals surface area contributed by atoms with Crippen molar-refractivity contribution in [2.45, 2.75) is 39.2 Å². The number of amides is 1. The summed E-state index contributed by atoms with van der Waals surface area (Å²) in [5.74, 6) is 1.58. The van der Waals surface area contributed by atoms with Gasteiger partial charge in [0.1, 0.15) is 11.5 Å². The monoisotopic (exact) mass is 301 g/mol. The Labute approximate surface area is 128 Å². The molecule has 0 spiro atoms. The lowest BCUT2D eigenvalue weighted by Crippen LogP contribution is -2.31. The second kappa shape index (κ2) is 5.79. The van der Waals surface area contributed by atoms with E-state index < -0.39 is 0 Å². The van der Waals surface area contributed by atoms with Crippen molar-refractivity contribution in [3.63, 3.8) is 0 Å². The van der Waals surface area contributed by atoms with Crippen LogP contribution >= 0.6 is 0 Å². The van der Waals surface area contributed by atoms with E-state index in [0.717, 1.165) is 18.5 Å². The lowest BCUT2D eigenvalue weighted by molar-refractivity contribution is 0.0950. The molecular formula is C16H19N3O3. The van der Waals surface area contributed by atoms with Crippen LogP contribution in [0.1, 0.15) is 46.3 Å². The highest BCUT2D eigenvalue weighted by atomic mass is 16.3. The number of furan rings is 1. The molecular weight excluding hydrogens is 282 g/mol. The van der Waals surface area contributed by atoms with Gasteiger partial charge in [0.05, 0.1) is 17.6 Å². The standard InChI is InChI=1S/C16H19N3O3/c1-10-7-13(11(2)22-10)16(21)17-5-6-19-9-18-14(8-15(19)20)12-3-4-12/h7-9,12H,3-6H2,1-2H3,(H,17,21). The van der Waals surface area contributed by atoms with Crippen LogP contribution in [0.25, 0.3) is 0 Å². The fourth-order valence-electron chi connectivity index (χ4n) is 2.45. The molecule has 0 radical (unpaired) electrons. The molecule has 0 atom stereocenters. The largest absolute Gasteiger partial charge is 0.466 e. The maximum absolute atomic E-state index is 12.0. The Morgan fingerprint density at radius 1 is 1.41 bits per heavy atom. The Kier molecular flexibility index (Phi) is 3.83. The van der Waals surface area contributed by atoms with Gasteiger partial charge in [-0.2, -0.15) is 0 Å². The van der Waals surface area contributed by atoms with Crippen molar-refractivity contribution in [1.82, 2.24) is 14.9 Å². The Balaban J connectivity index is 1.57. The molecule has 0 aromatic carbocycles. The number of carbonyl (C=O) groups is 1. The molecule has 2 heterocycles. The van der Waals surface area contributed by atoms with E-state index in [0.29, 0.717) is 36.1 Å². The van der Waals surface area contributed by atoms with Crippen LogP contribution < -0.4 is 10.9 Å². The molecule has 0 saturated heterocycles. The number of carbonyl (C=O) groups excluding carboxylic acids is 1. The summed E-state index contributed by atoms with van der Waals surface area (Å²) in [6.45, 7) is 4.33. The van der Waals surface area contributed by atoms with Crippen molar-refractivity contribution in [1.29, 1.82) is 0 Å². The van der Waals surface area contributed by atoms with Crippen molar-refractivity contribution >= 4 is 5.91 Å². The van der Waals surface area contributed by atoms with Gasteiger partial charge in [-0.05, 0) is 32.8 Å². The average molecular weight is 301 g/mol. The molecule has 1 amide bonds. The Morgan fingerprint density at radius 2 is 2.18 bits per heavy atom. The maximum atomic E-state index is 12.0. The van der Waals surface area contributed by atoms with Gasteiger partial charge >= 0.3 is 0 Å². The lowest BCUT2D eigenvalue weighted by atomic mass is 10.2. The molecule has 1 saturated carbocycles. The minimum atomic E-state index is -0.190. The summed E-state index contributed by atoms with van der Waals surface area (Å²) in [6, 6.07) is 3.31. The van der Waals surface area contributed by atoms with Gasteiger partial charge in [-0.25, -0.2) is 4.98 Å². The first-order chi connectivity index (χ1) is 10.5. The third-order valence-corrected chi connectivity index (χ3v) is 3.82. The molecule has 22 heavy (non-hydrogen) atoms. The van der Waals surface area contributed by atoms with Crippen LogP contribution in [0.2, 0.25) is 0 Å². The van der Waals surface area contributed by atoms with E-state index in [4.69, 9.17) is 4.42 Å². The van der Waals surface area contributed by atoms with Gasteiger partial charge in [0.25, 0.3) is 11.5 Å². The molecule has 0 unspecified atom stereocenters. The average Bonchev–Trinajstić information content (AvgIpc) is 3.25. The summed E-state index contributed by atoms with van der Waals surface area (Å²) < 4.78 is 6.85. The zero-order valence-corrected chi connectivity index (χ0v) is 12.8. The number of hydrogen-bond acceptors (Lipinski definition) is 4. The summed E-state index contributed by atoms with van der Waals surface area (Å²) in [5.41, 5.74) is 1.35. The quantitative estimate of drug-likeness (QED) is 0.913. The Bertz CT molecular complexity index is 756. The Hall–Kier alpha value is -2.37. The number of aryl methyl sites for hydroxylation is 2. The molecule has 116 valence electrons. The minimum absolute atomic E-state index is 0.0681. The van der Waals surface area contributed by atoms with Crippen molar-refractivity contribution in [2.75, 3.05) is 6.54 Å². The van der Waals surface area contributed by atoms with E-state index in [2.05, 4.69) is 10.3 Å². The summed E-state index contributed by atoms with van der Waals surface area (Å²) >= 11 is 0. The maximum Gasteiger partial charge on any atom is 0.254 e. The highest BCUT2D eigenvalue weighted by molar-refractivity contribution is 5.95. The van der Waals surface area contributed by atoms with Gasteiger partial charge in [-0.1, -0.05) is 0 Å². The zero-order chi connectivity index (χ0) is 15.7. The van der Waals surface area contributed by atoms with Crippen LogP contribution in [0.3, 0.4) is 0 Å². The van der Waals surface area contributed by atoms with Gasteiger partial charge in [0, 0.05) is 25.1 Å². The molecule has 1 aliphatic carbocycles. The van der Waals surface area contributed by atoms with Crippen molar-refractivity contribution in [3.05, 3.63) is 51.6 Å². The topological polar surface area (TPSA) is 77.1 Å². The number of hydrogen-bond donors (Lipinski definition) is 1. The minimum Gasteiger partial charge on any atom is -0.466 e. The highest BCUT2D eigenvalue weighted by Gasteiger charge is 2.25. The molecule has 1 N–H and O–H groups in total. The lowest BCUT2D eigenvalue weighted by Gasteiger charge is -2.07. The van der Waals surface area contributed by atoms with Crippen molar-refractivity contribution < 1.29 is 9.21 Å². The predicted octanol–water partition coefficient (Wildman–Crippen LogP) is 1.76. The second-order valence-electron chi connectivity index (χ2n) is 5.70. The molecule has 0 aliphatic heterocycles. The number of nitrogens with one attached hydrogen (secondary N) is 1. The summed E-state index contributed by atoms with van der Waals surface area (Å²) in [4.78, 5) is 28.3. The smallest absolute Gasteiger partial charge is 0.254 e. The number of rotatable bonds is 5. The molecule has 6 heteroatoms. The fraction of sp³-hybridized carbons (Fsp3) is 0.438. The van der Waals surface area contributed by atoms with Crippen LogP contribution in [0.4, 0.5) is 0 Å². The Morgan fingerprint density at radius 3 is 2.77 bits per heavy atom. The van der Waals surface area contributed by atoms with E-state index in [-0.39, 0.29) is 11.5 Å². The van der Waals surface area contributed by atoms with Crippen LogP contribution in [0, 0.1) is 13.8 Å². The van der Waals surface area contributed by atoms with Gasteiger partial charge in [-0.15, -0.1) is 0 Å². The first-order valence-corrected chi connectivity index (χ1v) is 7.46. The van der Waals surface area contributed by atoms with Crippen LogP contribution in [-0.4, -0.2) is 22.0 Å². The van der Waals surface area contributed by atoms with Gasteiger partial charge in [-0.3, -0.25) is 14.2 Å². The molecule has 0 bridgehead atoms. The van der Waals surface area contributed by atoms with Crippen molar-refractivity contribution in [2.24, 2.45) is 0 Å². The first kappa shape index (κ1) is 14.6. The van der Waals surface area contributed by atoms with Gasteiger partial charge < -0.3 is 9.73 Å². The van der Waals surface area contributed by atoms with E-state index in [1.807, 2.05) is 0 Å². The third-order valence-electron chi connectivity index (χ3n) is 3.82. The zero-order valence-electron chi connectivity index (χ0n) is 12.8. The second-order valence-corrected chi connectivity index (χ2v) is 5.70. The van der Waals surface area contributed by atoms with E-state index in [1.54, 1.807) is 32.3 Å². The SMILES string of the molecule is Cc1cc(C(=O)NCCn2cnc(C3CC3)cc2=O)c(C)o1. The molecule has 2 aromatic rings. The van der Waals surface area contributed by atoms with E-state index in [1.165, 1.54) is 4.57 Å². The molecule has 3 rings (SSSR count). The fourth-order valence-corrected chi connectivity index (χ4v) is 2.45. The van der Waals surface area contributed by atoms with Gasteiger partial charge in [0.15, 0.2) is 0 Å². The normalized spacial score (nSPS) is 14.1. The summed E-state index contributed by atoms with van der Waals surface area (Å²) in [6.07, 6.45) is 3.81. The van der Waals surface area contributed by atoms with Crippen molar-refractivity contribution in [3.8, 4) is 0 Å². The predicted molar refractivity (Wildman–Crippen MR) is 81.0 cm³/mol. The van der Waals surface area contributed by atoms with E-state index >= 15 is 0 Å². The number of aromatic nitrogens is 2. The molecule has 6 nitrogen and oxygen atoms in total. The summed E-state index contributed by atoms with van der Waals surface area (Å²) in [5, 5.41) is 2.79. The van der Waals surface area contributed by atoms with Gasteiger partial charge in [0.2, 0.25) is 0 Å². The third kappa shape index (κ3) is 3.10. The first-order valence-electron chi connectivity index (χ1n) is 7.46. The highest BCUT2D eigenvalue weighted by Crippen LogP contribution is 2.38. The van der Waals surface area contributed by atoms with Crippen LogP contribution in [-0.2, 0) is 6.54 Å². The van der Waals surface area contributed by atoms with E-state index in [9.17, 15) is 9.59 Å². The van der Waals surface area contributed by atoms with Crippen LogP contribution in [0.5, 0.6) is 0 Å². The number of nitrogens with zero attached hydrogens (tertiary/aromatic N) is 2. The molecule has 2 aromatic heterocycles.